The first-order valence-corrected chi connectivity index (χ1v) is 11.9. The van der Waals surface area contributed by atoms with Crippen LogP contribution in [0.3, 0.4) is 0 Å². The van der Waals surface area contributed by atoms with Crippen molar-refractivity contribution in [2.24, 2.45) is 11.8 Å². The number of nitrogens with zero attached hydrogens (tertiary/aromatic N) is 5. The van der Waals surface area contributed by atoms with Gasteiger partial charge in [-0.05, 0) is 80.5 Å². The van der Waals surface area contributed by atoms with Crippen molar-refractivity contribution in [3.63, 3.8) is 0 Å². The summed E-state index contributed by atoms with van der Waals surface area (Å²) in [5.74, 6) is 2.30. The lowest BCUT2D eigenvalue weighted by Gasteiger charge is -2.28. The van der Waals surface area contributed by atoms with Crippen molar-refractivity contribution < 1.29 is 0 Å². The largest absolute Gasteiger partial charge is 0.384 e. The minimum absolute atomic E-state index is 0.156. The van der Waals surface area contributed by atoms with E-state index in [0.717, 1.165) is 42.4 Å². The number of hydrogen-bond acceptors (Lipinski definition) is 6. The summed E-state index contributed by atoms with van der Waals surface area (Å²) in [4.78, 5) is 4.36. The molecular weight excluding hydrogens is 388 g/mol. The van der Waals surface area contributed by atoms with Crippen molar-refractivity contribution in [2.45, 2.75) is 76.8 Å². The first-order chi connectivity index (χ1) is 15.2. The summed E-state index contributed by atoms with van der Waals surface area (Å²) >= 11 is 0. The Morgan fingerprint density at radius 3 is 2.84 bits per heavy atom. The number of aromatic amines is 1. The number of rotatable bonds is 8. The summed E-state index contributed by atoms with van der Waals surface area (Å²) in [5, 5.41) is 19.7. The Labute approximate surface area is 183 Å². The number of nitrogens with two attached hydrogens (primary N) is 1. The quantitative estimate of drug-likeness (QED) is 0.511. The highest BCUT2D eigenvalue weighted by molar-refractivity contribution is 5.77. The minimum Gasteiger partial charge on any atom is -0.384 e. The Kier molecular flexibility index (Phi) is 5.89. The number of aromatic nitrogens is 6. The summed E-state index contributed by atoms with van der Waals surface area (Å²) < 4.78 is 2.12. The summed E-state index contributed by atoms with van der Waals surface area (Å²) in [5.41, 5.74) is 9.88. The molecule has 0 saturated heterocycles. The minimum atomic E-state index is 0.156. The van der Waals surface area contributed by atoms with Gasteiger partial charge in [0.25, 0.3) is 0 Å². The predicted octanol–water partition coefficient (Wildman–Crippen LogP) is 3.62. The first kappa shape index (κ1) is 20.4. The Bertz CT molecular complexity index is 996. The lowest BCUT2D eigenvalue weighted by atomic mass is 9.85. The Hall–Kier alpha value is -2.48. The molecule has 1 unspecified atom stereocenters. The lowest BCUT2D eigenvalue weighted by molar-refractivity contribution is 0.266. The van der Waals surface area contributed by atoms with Gasteiger partial charge in [0.2, 0.25) is 0 Å². The van der Waals surface area contributed by atoms with Crippen LogP contribution in [-0.4, -0.2) is 42.8 Å². The van der Waals surface area contributed by atoms with E-state index in [4.69, 9.17) is 5.73 Å². The van der Waals surface area contributed by atoms with Gasteiger partial charge in [0, 0.05) is 24.7 Å². The number of pyridine rings is 1. The molecule has 8 nitrogen and oxygen atoms in total. The van der Waals surface area contributed by atoms with Crippen LogP contribution in [-0.2, 0) is 6.54 Å². The molecule has 0 spiro atoms. The third-order valence-corrected chi connectivity index (χ3v) is 7.33. The summed E-state index contributed by atoms with van der Waals surface area (Å²) in [7, 11) is 0. The Balaban J connectivity index is 1.36. The van der Waals surface area contributed by atoms with Gasteiger partial charge in [-0.1, -0.05) is 18.6 Å². The maximum absolute atomic E-state index is 6.13. The second-order valence-corrected chi connectivity index (χ2v) is 9.69. The number of nitrogens with one attached hydrogen (secondary N) is 2. The van der Waals surface area contributed by atoms with E-state index < -0.39 is 0 Å². The van der Waals surface area contributed by atoms with Gasteiger partial charge in [-0.3, -0.25) is 4.68 Å². The molecule has 0 amide bonds. The molecule has 31 heavy (non-hydrogen) atoms. The van der Waals surface area contributed by atoms with Crippen LogP contribution in [0, 0.1) is 11.8 Å². The molecule has 2 saturated carbocycles. The fraction of sp³-hybridized carbons (Fsp3) is 0.652. The normalized spacial score (nSPS) is 23.1. The monoisotopic (exact) mass is 422 g/mol. The zero-order chi connectivity index (χ0) is 21.2. The zero-order valence-electron chi connectivity index (χ0n) is 18.4. The molecule has 3 aromatic heterocycles. The predicted molar refractivity (Wildman–Crippen MR) is 122 cm³/mol. The van der Waals surface area contributed by atoms with E-state index in [1.807, 2.05) is 12.3 Å². The third-order valence-electron chi connectivity index (χ3n) is 7.33. The van der Waals surface area contributed by atoms with E-state index >= 15 is 0 Å². The molecule has 3 heterocycles. The zero-order valence-corrected chi connectivity index (χ0v) is 18.4. The highest BCUT2D eigenvalue weighted by atomic mass is 15.3. The second kappa shape index (κ2) is 8.94. The number of H-pyrrole nitrogens is 1. The summed E-state index contributed by atoms with van der Waals surface area (Å²) in [6.45, 7) is 4.34. The van der Waals surface area contributed by atoms with E-state index in [1.165, 1.54) is 50.5 Å². The van der Waals surface area contributed by atoms with Crippen LogP contribution in [0.25, 0.3) is 11.2 Å². The first-order valence-electron chi connectivity index (χ1n) is 11.9. The molecule has 0 radical (unpaired) electrons. The van der Waals surface area contributed by atoms with Crippen LogP contribution < -0.4 is 11.1 Å². The van der Waals surface area contributed by atoms with Crippen molar-refractivity contribution in [3.8, 4) is 0 Å². The van der Waals surface area contributed by atoms with E-state index in [2.05, 4.69) is 48.6 Å². The highest BCUT2D eigenvalue weighted by Crippen LogP contribution is 2.33. The standard InChI is InChI=1S/C23H34N8/c1-15-5-7-18(8-6-15)25-10-9-19(17-12-26-31(14-17)13-16-3-2-4-16)20-11-21(24)27-23-22(20)28-30-29-23/h11-12,14-16,18-19,25H,2-10,13H2,1H3,(H3,24,27,28,29,30)/t15-,18-,19?. The smallest absolute Gasteiger partial charge is 0.178 e. The molecular formula is C23H34N8. The van der Waals surface area contributed by atoms with Gasteiger partial charge in [0.05, 0.1) is 6.20 Å². The maximum atomic E-state index is 6.13. The van der Waals surface area contributed by atoms with E-state index in [-0.39, 0.29) is 5.92 Å². The van der Waals surface area contributed by atoms with Gasteiger partial charge in [-0.2, -0.15) is 5.10 Å². The molecule has 8 heteroatoms. The lowest BCUT2D eigenvalue weighted by Crippen LogP contribution is -2.34. The van der Waals surface area contributed by atoms with Crippen molar-refractivity contribution in [1.29, 1.82) is 0 Å². The third kappa shape index (κ3) is 4.59. The van der Waals surface area contributed by atoms with E-state index in [0.29, 0.717) is 17.5 Å². The van der Waals surface area contributed by atoms with Crippen molar-refractivity contribution in [2.75, 3.05) is 12.3 Å². The molecule has 2 aliphatic carbocycles. The fourth-order valence-electron chi connectivity index (χ4n) is 5.15. The second-order valence-electron chi connectivity index (χ2n) is 9.69. The SMILES string of the molecule is C[C@H]1CC[C@H](NCCC(c2cnn(CC3CCC3)c2)c2cc(N)nc3[nH]nnc23)CC1. The molecule has 0 bridgehead atoms. The molecule has 0 aliphatic heterocycles. The molecule has 2 fully saturated rings. The highest BCUT2D eigenvalue weighted by Gasteiger charge is 2.24. The van der Waals surface area contributed by atoms with Crippen molar-refractivity contribution in [1.82, 2.24) is 35.5 Å². The van der Waals surface area contributed by atoms with Crippen LogP contribution in [0.1, 0.15) is 75.3 Å². The van der Waals surface area contributed by atoms with Gasteiger partial charge in [-0.15, -0.1) is 5.10 Å². The van der Waals surface area contributed by atoms with Crippen molar-refractivity contribution >= 4 is 17.0 Å². The van der Waals surface area contributed by atoms with Gasteiger partial charge in [-0.25, -0.2) is 10.1 Å². The topological polar surface area (TPSA) is 110 Å². The Morgan fingerprint density at radius 1 is 1.23 bits per heavy atom. The van der Waals surface area contributed by atoms with E-state index in [1.54, 1.807) is 0 Å². The van der Waals surface area contributed by atoms with Crippen LogP contribution in [0.2, 0.25) is 0 Å². The fourth-order valence-corrected chi connectivity index (χ4v) is 5.15. The van der Waals surface area contributed by atoms with Gasteiger partial charge in [0.1, 0.15) is 11.3 Å². The average Bonchev–Trinajstić information content (AvgIpc) is 3.38. The molecule has 166 valence electrons. The maximum Gasteiger partial charge on any atom is 0.178 e. The van der Waals surface area contributed by atoms with Gasteiger partial charge >= 0.3 is 0 Å². The number of nitrogen functional groups attached to an aromatic ring is 1. The molecule has 2 aliphatic rings. The van der Waals surface area contributed by atoms with Crippen LogP contribution >= 0.6 is 0 Å². The number of fused-ring (bicyclic) bond motifs is 1. The van der Waals surface area contributed by atoms with Crippen LogP contribution in [0.15, 0.2) is 18.5 Å². The number of hydrogen-bond donors (Lipinski definition) is 3. The van der Waals surface area contributed by atoms with Crippen molar-refractivity contribution in [3.05, 3.63) is 29.6 Å². The summed E-state index contributed by atoms with van der Waals surface area (Å²) in [6, 6.07) is 2.59. The van der Waals surface area contributed by atoms with E-state index in [9.17, 15) is 0 Å². The molecule has 5 rings (SSSR count). The van der Waals surface area contributed by atoms with Crippen LogP contribution in [0.4, 0.5) is 5.82 Å². The van der Waals surface area contributed by atoms with Gasteiger partial charge in [0.15, 0.2) is 5.65 Å². The Morgan fingerprint density at radius 2 is 2.06 bits per heavy atom. The average molecular weight is 423 g/mol. The molecule has 0 aromatic carbocycles. The molecule has 1 atom stereocenters. The number of anilines is 1. The molecule has 4 N–H and O–H groups in total. The van der Waals surface area contributed by atoms with Crippen LogP contribution in [0.5, 0.6) is 0 Å². The molecule has 3 aromatic rings. The summed E-state index contributed by atoms with van der Waals surface area (Å²) in [6.07, 6.45) is 14.4. The van der Waals surface area contributed by atoms with Gasteiger partial charge < -0.3 is 11.1 Å².